The van der Waals surface area contributed by atoms with Gasteiger partial charge in [-0.3, -0.25) is 0 Å². The molecule has 0 amide bonds. The molecule has 1 aromatic rings. The normalized spacial score (nSPS) is 17.7. The van der Waals surface area contributed by atoms with E-state index in [0.29, 0.717) is 5.75 Å². The fourth-order valence-electron chi connectivity index (χ4n) is 2.56. The van der Waals surface area contributed by atoms with Gasteiger partial charge in [0, 0.05) is 11.6 Å². The SMILES string of the molecule is CC(N)c1c(O)c(Br)cc2c1CCCCC2. The lowest BCUT2D eigenvalue weighted by Gasteiger charge is -2.18. The number of fused-ring (bicyclic) bond motifs is 1. The summed E-state index contributed by atoms with van der Waals surface area (Å²) < 4.78 is 0.778. The van der Waals surface area contributed by atoms with E-state index in [1.54, 1.807) is 0 Å². The first kappa shape index (κ1) is 11.9. The predicted molar refractivity (Wildman–Crippen MR) is 69.7 cm³/mol. The van der Waals surface area contributed by atoms with Crippen LogP contribution in [-0.2, 0) is 12.8 Å². The zero-order valence-corrected chi connectivity index (χ0v) is 11.2. The Morgan fingerprint density at radius 1 is 1.31 bits per heavy atom. The quantitative estimate of drug-likeness (QED) is 0.776. The highest BCUT2D eigenvalue weighted by Gasteiger charge is 2.20. The van der Waals surface area contributed by atoms with E-state index in [1.165, 1.54) is 30.4 Å². The highest BCUT2D eigenvalue weighted by molar-refractivity contribution is 9.10. The first-order valence-corrected chi connectivity index (χ1v) is 6.69. The second-order valence-electron chi connectivity index (χ2n) is 4.61. The number of hydrogen-bond acceptors (Lipinski definition) is 2. The maximum atomic E-state index is 10.1. The predicted octanol–water partition coefficient (Wildman–Crippen LogP) is 3.44. The largest absolute Gasteiger partial charge is 0.506 e. The smallest absolute Gasteiger partial charge is 0.134 e. The van der Waals surface area contributed by atoms with Gasteiger partial charge in [0.2, 0.25) is 0 Å². The van der Waals surface area contributed by atoms with Crippen LogP contribution in [0, 0.1) is 0 Å². The molecule has 1 unspecified atom stereocenters. The molecule has 88 valence electrons. The third-order valence-electron chi connectivity index (χ3n) is 3.32. The van der Waals surface area contributed by atoms with Crippen molar-refractivity contribution in [2.75, 3.05) is 0 Å². The number of nitrogens with two attached hydrogens (primary N) is 1. The fraction of sp³-hybridized carbons (Fsp3) is 0.538. The van der Waals surface area contributed by atoms with E-state index in [9.17, 15) is 5.11 Å². The van der Waals surface area contributed by atoms with Crippen LogP contribution in [0.25, 0.3) is 0 Å². The molecule has 0 radical (unpaired) electrons. The van der Waals surface area contributed by atoms with Crippen LogP contribution in [-0.4, -0.2) is 5.11 Å². The summed E-state index contributed by atoms with van der Waals surface area (Å²) in [6, 6.07) is 1.95. The van der Waals surface area contributed by atoms with Crippen molar-refractivity contribution in [3.8, 4) is 5.75 Å². The van der Waals surface area contributed by atoms with E-state index < -0.39 is 0 Å². The summed E-state index contributed by atoms with van der Waals surface area (Å²) in [5.74, 6) is 0.329. The second kappa shape index (κ2) is 4.76. The molecule has 3 heteroatoms. The number of halogens is 1. The zero-order chi connectivity index (χ0) is 11.7. The van der Waals surface area contributed by atoms with Gasteiger partial charge in [-0.25, -0.2) is 0 Å². The molecule has 0 saturated heterocycles. The van der Waals surface area contributed by atoms with Crippen LogP contribution < -0.4 is 5.73 Å². The summed E-state index contributed by atoms with van der Waals surface area (Å²) in [5, 5.41) is 10.1. The molecular weight excluding hydrogens is 266 g/mol. The molecule has 0 heterocycles. The summed E-state index contributed by atoms with van der Waals surface area (Å²) in [4.78, 5) is 0. The molecule has 1 aliphatic rings. The first-order valence-electron chi connectivity index (χ1n) is 5.90. The number of benzene rings is 1. The van der Waals surface area contributed by atoms with Gasteiger partial charge in [-0.1, -0.05) is 6.42 Å². The van der Waals surface area contributed by atoms with Crippen molar-refractivity contribution in [3.05, 3.63) is 27.2 Å². The second-order valence-corrected chi connectivity index (χ2v) is 5.46. The lowest BCUT2D eigenvalue weighted by Crippen LogP contribution is -2.10. The van der Waals surface area contributed by atoms with Crippen molar-refractivity contribution in [2.45, 2.75) is 45.1 Å². The standard InChI is InChI=1S/C13H18BrNO/c1-8(15)12-10-6-4-2-3-5-9(10)7-11(14)13(12)16/h7-8,16H,2-6,15H2,1H3. The maximum Gasteiger partial charge on any atom is 0.134 e. The van der Waals surface area contributed by atoms with Crippen molar-refractivity contribution in [2.24, 2.45) is 5.73 Å². The Morgan fingerprint density at radius 3 is 2.69 bits per heavy atom. The molecule has 0 aliphatic heterocycles. The molecule has 2 rings (SSSR count). The molecule has 1 atom stereocenters. The van der Waals surface area contributed by atoms with Gasteiger partial charge < -0.3 is 10.8 Å². The third-order valence-corrected chi connectivity index (χ3v) is 3.93. The van der Waals surface area contributed by atoms with Crippen molar-refractivity contribution >= 4 is 15.9 Å². The van der Waals surface area contributed by atoms with Crippen LogP contribution in [0.2, 0.25) is 0 Å². The number of hydrogen-bond donors (Lipinski definition) is 2. The third kappa shape index (κ3) is 2.11. The Kier molecular flexibility index (Phi) is 3.55. The Morgan fingerprint density at radius 2 is 2.00 bits per heavy atom. The molecule has 16 heavy (non-hydrogen) atoms. The number of phenolic OH excluding ortho intramolecular Hbond substituents is 1. The van der Waals surface area contributed by atoms with E-state index in [-0.39, 0.29) is 6.04 Å². The van der Waals surface area contributed by atoms with Crippen LogP contribution in [0.15, 0.2) is 10.5 Å². The minimum atomic E-state index is -0.107. The topological polar surface area (TPSA) is 46.2 Å². The number of aromatic hydroxyl groups is 1. The first-order chi connectivity index (χ1) is 7.61. The molecule has 0 spiro atoms. The molecular formula is C13H18BrNO. The molecule has 1 aliphatic carbocycles. The van der Waals surface area contributed by atoms with Crippen LogP contribution >= 0.6 is 15.9 Å². The minimum Gasteiger partial charge on any atom is -0.506 e. The van der Waals surface area contributed by atoms with Gasteiger partial charge in [-0.05, 0) is 65.7 Å². The molecule has 0 fully saturated rings. The number of phenols is 1. The minimum absolute atomic E-state index is 0.107. The van der Waals surface area contributed by atoms with Crippen LogP contribution in [0.4, 0.5) is 0 Å². The lowest BCUT2D eigenvalue weighted by atomic mass is 9.93. The summed E-state index contributed by atoms with van der Waals surface area (Å²) in [6.45, 7) is 1.94. The molecule has 2 nitrogen and oxygen atoms in total. The summed E-state index contributed by atoms with van der Waals surface area (Å²) in [6.07, 6.45) is 5.86. The van der Waals surface area contributed by atoms with Crippen molar-refractivity contribution in [3.63, 3.8) is 0 Å². The van der Waals surface area contributed by atoms with Crippen LogP contribution in [0.3, 0.4) is 0 Å². The number of rotatable bonds is 1. The number of aryl methyl sites for hydroxylation is 1. The van der Waals surface area contributed by atoms with Crippen LogP contribution in [0.1, 0.15) is 48.9 Å². The molecule has 3 N–H and O–H groups in total. The van der Waals surface area contributed by atoms with Crippen molar-refractivity contribution in [1.82, 2.24) is 0 Å². The molecule has 0 bridgehead atoms. The van der Waals surface area contributed by atoms with Gasteiger partial charge in [0.05, 0.1) is 4.47 Å². The van der Waals surface area contributed by atoms with Crippen molar-refractivity contribution < 1.29 is 5.11 Å². The monoisotopic (exact) mass is 283 g/mol. The highest BCUT2D eigenvalue weighted by atomic mass is 79.9. The highest BCUT2D eigenvalue weighted by Crippen LogP contribution is 2.38. The fourth-order valence-corrected chi connectivity index (χ4v) is 3.05. The Labute approximate surface area is 105 Å². The average molecular weight is 284 g/mol. The van der Waals surface area contributed by atoms with Crippen LogP contribution in [0.5, 0.6) is 5.75 Å². The lowest BCUT2D eigenvalue weighted by molar-refractivity contribution is 0.458. The zero-order valence-electron chi connectivity index (χ0n) is 9.59. The molecule has 0 aromatic heterocycles. The van der Waals surface area contributed by atoms with Gasteiger partial charge in [0.1, 0.15) is 5.75 Å². The van der Waals surface area contributed by atoms with Gasteiger partial charge >= 0.3 is 0 Å². The average Bonchev–Trinajstić information content (AvgIpc) is 2.44. The Hall–Kier alpha value is -0.540. The van der Waals surface area contributed by atoms with Gasteiger partial charge in [0.25, 0.3) is 0 Å². The van der Waals surface area contributed by atoms with Gasteiger partial charge in [0.15, 0.2) is 0 Å². The van der Waals surface area contributed by atoms with E-state index in [2.05, 4.69) is 22.0 Å². The van der Waals surface area contributed by atoms with E-state index >= 15 is 0 Å². The molecule has 0 saturated carbocycles. The summed E-state index contributed by atoms with van der Waals surface area (Å²) in [7, 11) is 0. The Balaban J connectivity index is 2.60. The summed E-state index contributed by atoms with van der Waals surface area (Å²) in [5.41, 5.74) is 9.56. The maximum absolute atomic E-state index is 10.1. The summed E-state index contributed by atoms with van der Waals surface area (Å²) >= 11 is 3.41. The van der Waals surface area contributed by atoms with Gasteiger partial charge in [-0.2, -0.15) is 0 Å². The van der Waals surface area contributed by atoms with E-state index in [1.807, 2.05) is 6.92 Å². The van der Waals surface area contributed by atoms with Crippen molar-refractivity contribution in [1.29, 1.82) is 0 Å². The van der Waals surface area contributed by atoms with E-state index in [0.717, 1.165) is 22.9 Å². The van der Waals surface area contributed by atoms with Gasteiger partial charge in [-0.15, -0.1) is 0 Å². The molecule has 1 aromatic carbocycles. The van der Waals surface area contributed by atoms with E-state index in [4.69, 9.17) is 5.73 Å². The Bertz CT molecular complexity index is 401.